The first-order chi connectivity index (χ1) is 17.1. The van der Waals surface area contributed by atoms with Gasteiger partial charge in [-0.15, -0.1) is 0 Å². The van der Waals surface area contributed by atoms with Crippen molar-refractivity contribution in [1.82, 2.24) is 14.8 Å². The highest BCUT2D eigenvalue weighted by atomic mass is 19.1. The van der Waals surface area contributed by atoms with E-state index in [1.165, 1.54) is 17.2 Å². The number of alkyl halides is 1. The molecule has 4 rings (SSSR count). The first-order valence-electron chi connectivity index (χ1n) is 12.5. The summed E-state index contributed by atoms with van der Waals surface area (Å²) in [5, 5.41) is 0. The zero-order chi connectivity index (χ0) is 25.9. The van der Waals surface area contributed by atoms with Crippen LogP contribution >= 0.6 is 0 Å². The van der Waals surface area contributed by atoms with Gasteiger partial charge in [0.25, 0.3) is 5.91 Å². The average Bonchev–Trinajstić information content (AvgIpc) is 3.33. The molecule has 0 radical (unpaired) electrons. The maximum atomic E-state index is 14.8. The smallest absolute Gasteiger partial charge is 0.273 e. The van der Waals surface area contributed by atoms with Crippen LogP contribution in [0.5, 0.6) is 5.75 Å². The van der Waals surface area contributed by atoms with E-state index >= 15 is 0 Å². The van der Waals surface area contributed by atoms with E-state index in [-0.39, 0.29) is 17.4 Å². The molecule has 0 spiro atoms. The van der Waals surface area contributed by atoms with Crippen LogP contribution < -0.4 is 10.5 Å². The van der Waals surface area contributed by atoms with E-state index in [2.05, 4.69) is 9.88 Å². The van der Waals surface area contributed by atoms with E-state index < -0.39 is 23.4 Å². The number of halogens is 2. The van der Waals surface area contributed by atoms with Crippen LogP contribution in [0.2, 0.25) is 0 Å². The Morgan fingerprint density at radius 3 is 2.44 bits per heavy atom. The second-order valence-electron chi connectivity index (χ2n) is 10.4. The van der Waals surface area contributed by atoms with Crippen molar-refractivity contribution in [2.45, 2.75) is 51.2 Å². The van der Waals surface area contributed by atoms with Crippen molar-refractivity contribution < 1.29 is 23.1 Å². The summed E-state index contributed by atoms with van der Waals surface area (Å²) in [6, 6.07) is 7.43. The van der Waals surface area contributed by atoms with Crippen LogP contribution in [-0.4, -0.2) is 71.1 Å². The first kappa shape index (κ1) is 26.0. The lowest BCUT2D eigenvalue weighted by molar-refractivity contribution is -0.121. The number of hydrogen-bond acceptors (Lipinski definition) is 5. The number of hydrogen-bond donors (Lipinski definition) is 1. The van der Waals surface area contributed by atoms with E-state index in [4.69, 9.17) is 10.5 Å². The van der Waals surface area contributed by atoms with Crippen molar-refractivity contribution in [2.24, 2.45) is 11.7 Å². The number of nitrogens with zero attached hydrogens (tertiary/aromatic N) is 3. The van der Waals surface area contributed by atoms with E-state index in [0.29, 0.717) is 43.2 Å². The quantitative estimate of drug-likeness (QED) is 0.595. The third-order valence-electron chi connectivity index (χ3n) is 6.87. The van der Waals surface area contributed by atoms with Crippen molar-refractivity contribution in [1.29, 1.82) is 0 Å². The second-order valence-corrected chi connectivity index (χ2v) is 10.4. The van der Waals surface area contributed by atoms with Gasteiger partial charge in [0.2, 0.25) is 5.91 Å². The number of amides is 2. The van der Waals surface area contributed by atoms with Crippen molar-refractivity contribution >= 4 is 11.8 Å². The summed E-state index contributed by atoms with van der Waals surface area (Å²) in [6.07, 6.45) is 4.59. The molecule has 0 saturated carbocycles. The van der Waals surface area contributed by atoms with Gasteiger partial charge in [-0.05, 0) is 82.3 Å². The molecule has 194 valence electrons. The second kappa shape index (κ2) is 10.9. The number of aromatic nitrogens is 1. The van der Waals surface area contributed by atoms with E-state index in [1.807, 2.05) is 0 Å². The predicted molar refractivity (Wildman–Crippen MR) is 133 cm³/mol. The number of benzene rings is 1. The van der Waals surface area contributed by atoms with Crippen molar-refractivity contribution in [3.63, 3.8) is 0 Å². The third kappa shape index (κ3) is 6.37. The van der Waals surface area contributed by atoms with Gasteiger partial charge in [0.1, 0.15) is 17.4 Å². The van der Waals surface area contributed by atoms with Crippen LogP contribution in [-0.2, 0) is 4.79 Å². The molecule has 0 aliphatic carbocycles. The van der Waals surface area contributed by atoms with E-state index in [9.17, 15) is 18.4 Å². The van der Waals surface area contributed by atoms with Gasteiger partial charge < -0.3 is 20.3 Å². The van der Waals surface area contributed by atoms with Crippen molar-refractivity contribution in [2.75, 3.05) is 32.8 Å². The largest absolute Gasteiger partial charge is 0.490 e. The maximum absolute atomic E-state index is 14.8. The number of piperidine rings is 1. The molecule has 1 unspecified atom stereocenters. The number of nitrogens with two attached hydrogens (primary N) is 1. The standard InChI is InChI=1S/C27H34F2N4O3/c1-27(2,29)17-32-12-9-18(10-13-32)16-36-24-8-6-19(14-21(24)28)20-5-7-22(31-15-20)26(35)33-11-3-4-23(33)25(30)34/h5-8,14-15,18,23H,3-4,9-13,16-17H2,1-2H3,(H2,30,34). The fourth-order valence-electron chi connectivity index (χ4n) is 4.99. The van der Waals surface area contributed by atoms with Gasteiger partial charge in [-0.2, -0.15) is 0 Å². The fraction of sp³-hybridized carbons (Fsp3) is 0.519. The first-order valence-corrected chi connectivity index (χ1v) is 12.5. The Hall–Kier alpha value is -3.07. The van der Waals surface area contributed by atoms with Crippen LogP contribution in [0.25, 0.3) is 11.1 Å². The molecule has 0 bridgehead atoms. The summed E-state index contributed by atoms with van der Waals surface area (Å²) < 4.78 is 34.4. The lowest BCUT2D eigenvalue weighted by Gasteiger charge is -2.34. The summed E-state index contributed by atoms with van der Waals surface area (Å²) >= 11 is 0. The Morgan fingerprint density at radius 2 is 1.83 bits per heavy atom. The molecule has 1 aromatic carbocycles. The Balaban J connectivity index is 1.32. The molecular weight excluding hydrogens is 466 g/mol. The highest BCUT2D eigenvalue weighted by molar-refractivity contribution is 5.96. The lowest BCUT2D eigenvalue weighted by atomic mass is 9.97. The van der Waals surface area contributed by atoms with Gasteiger partial charge >= 0.3 is 0 Å². The summed E-state index contributed by atoms with van der Waals surface area (Å²) in [7, 11) is 0. The molecule has 2 saturated heterocycles. The highest BCUT2D eigenvalue weighted by Gasteiger charge is 2.33. The Morgan fingerprint density at radius 1 is 1.11 bits per heavy atom. The summed E-state index contributed by atoms with van der Waals surface area (Å²) in [6.45, 7) is 6.13. The van der Waals surface area contributed by atoms with Crippen LogP contribution in [0.15, 0.2) is 36.5 Å². The molecule has 2 fully saturated rings. The zero-order valence-corrected chi connectivity index (χ0v) is 20.9. The zero-order valence-electron chi connectivity index (χ0n) is 20.9. The molecule has 2 N–H and O–H groups in total. The number of likely N-dealkylation sites (tertiary alicyclic amines) is 2. The van der Waals surface area contributed by atoms with Gasteiger partial charge in [0.15, 0.2) is 11.6 Å². The number of carbonyl (C=O) groups is 2. The molecule has 9 heteroatoms. The number of rotatable bonds is 8. The third-order valence-corrected chi connectivity index (χ3v) is 6.87. The topological polar surface area (TPSA) is 88.8 Å². The van der Waals surface area contributed by atoms with Gasteiger partial charge in [-0.1, -0.05) is 12.1 Å². The Bertz CT molecular complexity index is 1080. The molecule has 1 aromatic heterocycles. The predicted octanol–water partition coefficient (Wildman–Crippen LogP) is 3.82. The van der Waals surface area contributed by atoms with Crippen molar-refractivity contribution in [3.8, 4) is 16.9 Å². The van der Waals surface area contributed by atoms with Gasteiger partial charge in [-0.25, -0.2) is 8.78 Å². The summed E-state index contributed by atoms with van der Waals surface area (Å²) in [5.41, 5.74) is 5.69. The molecule has 2 aromatic rings. The minimum Gasteiger partial charge on any atom is -0.490 e. The molecular formula is C27H34F2N4O3. The molecule has 2 aliphatic heterocycles. The van der Waals surface area contributed by atoms with Crippen molar-refractivity contribution in [3.05, 3.63) is 48.0 Å². The maximum Gasteiger partial charge on any atom is 0.273 e. The minimum absolute atomic E-state index is 0.192. The monoisotopic (exact) mass is 500 g/mol. The van der Waals surface area contributed by atoms with Crippen LogP contribution in [0.4, 0.5) is 8.78 Å². The highest BCUT2D eigenvalue weighted by Crippen LogP contribution is 2.28. The van der Waals surface area contributed by atoms with Gasteiger partial charge in [-0.3, -0.25) is 14.6 Å². The molecule has 1 atom stereocenters. The van der Waals surface area contributed by atoms with Gasteiger partial charge in [0.05, 0.1) is 6.61 Å². The molecule has 7 nitrogen and oxygen atoms in total. The van der Waals surface area contributed by atoms with Gasteiger partial charge in [0, 0.05) is 24.8 Å². The molecule has 2 aliphatic rings. The van der Waals surface area contributed by atoms with E-state index in [1.54, 1.807) is 38.1 Å². The SMILES string of the molecule is CC(C)(F)CN1CCC(COc2ccc(-c3ccc(C(=O)N4CCCC4C(N)=O)nc3)cc2F)CC1. The van der Waals surface area contributed by atoms with Crippen LogP contribution in [0.3, 0.4) is 0 Å². The molecule has 2 amide bonds. The van der Waals surface area contributed by atoms with E-state index in [0.717, 1.165) is 32.4 Å². The summed E-state index contributed by atoms with van der Waals surface area (Å²) in [4.78, 5) is 32.2. The number of ether oxygens (including phenoxy) is 1. The number of primary amides is 1. The van der Waals surface area contributed by atoms with Crippen LogP contribution in [0.1, 0.15) is 50.0 Å². The van der Waals surface area contributed by atoms with Crippen LogP contribution in [0, 0.1) is 11.7 Å². The fourth-order valence-corrected chi connectivity index (χ4v) is 4.99. The lowest BCUT2D eigenvalue weighted by Crippen LogP contribution is -2.43. The molecule has 36 heavy (non-hydrogen) atoms. The molecule has 3 heterocycles. The normalized spacial score (nSPS) is 19.4. The summed E-state index contributed by atoms with van der Waals surface area (Å²) in [5.74, 6) is -0.816. The Kier molecular flexibility index (Phi) is 7.88. The Labute approximate surface area is 210 Å². The number of carbonyl (C=O) groups excluding carboxylic acids is 2. The average molecular weight is 501 g/mol. The minimum atomic E-state index is -1.21. The number of pyridine rings is 1.